The molecule has 1 saturated heterocycles. The molecule has 1 heterocycles. The number of rotatable bonds is 5. The molecular weight excluding hydrogens is 280 g/mol. The smallest absolute Gasteiger partial charge is 0.239 e. The highest BCUT2D eigenvalue weighted by molar-refractivity contribution is 6.30. The maximum Gasteiger partial charge on any atom is 0.239 e. The van der Waals surface area contributed by atoms with Crippen molar-refractivity contribution in [2.24, 2.45) is 0 Å². The summed E-state index contributed by atoms with van der Waals surface area (Å²) in [4.78, 5) is 13.7. The van der Waals surface area contributed by atoms with Crippen molar-refractivity contribution in [3.05, 3.63) is 29.3 Å². The van der Waals surface area contributed by atoms with E-state index in [1.165, 1.54) is 0 Å². The summed E-state index contributed by atoms with van der Waals surface area (Å²) in [7, 11) is 1.73. The first-order valence-corrected chi connectivity index (χ1v) is 6.99. The van der Waals surface area contributed by atoms with Gasteiger partial charge in [-0.15, -0.1) is 0 Å². The SMILES string of the molecule is CN(CCOc1cccc(Cl)c1)C(=O)[C@@H]1C[C@H](O)CN1. The van der Waals surface area contributed by atoms with E-state index in [2.05, 4.69) is 5.32 Å². The van der Waals surface area contributed by atoms with Crippen molar-refractivity contribution in [2.75, 3.05) is 26.7 Å². The standard InChI is InChI=1S/C14H19ClN2O3/c1-17(14(19)13-8-11(18)9-16-13)5-6-20-12-4-2-3-10(15)7-12/h2-4,7,11,13,16,18H,5-6,8-9H2,1H3/t11-,13-/m0/s1. The van der Waals surface area contributed by atoms with Gasteiger partial charge in [-0.2, -0.15) is 0 Å². The fourth-order valence-corrected chi connectivity index (χ4v) is 2.32. The van der Waals surface area contributed by atoms with Crippen LogP contribution in [0.15, 0.2) is 24.3 Å². The number of halogens is 1. The Morgan fingerprint density at radius 2 is 2.40 bits per heavy atom. The van der Waals surface area contributed by atoms with Crippen LogP contribution in [0.2, 0.25) is 5.02 Å². The largest absolute Gasteiger partial charge is 0.492 e. The Hall–Kier alpha value is -1.30. The maximum atomic E-state index is 12.1. The third-order valence-corrected chi connectivity index (χ3v) is 3.51. The Balaban J connectivity index is 1.74. The van der Waals surface area contributed by atoms with Crippen LogP contribution in [0.5, 0.6) is 5.75 Å². The van der Waals surface area contributed by atoms with E-state index in [9.17, 15) is 9.90 Å². The summed E-state index contributed by atoms with van der Waals surface area (Å²) >= 11 is 5.86. The second-order valence-electron chi connectivity index (χ2n) is 4.92. The van der Waals surface area contributed by atoms with Gasteiger partial charge in [-0.25, -0.2) is 0 Å². The topological polar surface area (TPSA) is 61.8 Å². The van der Waals surface area contributed by atoms with Gasteiger partial charge < -0.3 is 20.1 Å². The van der Waals surface area contributed by atoms with Gasteiger partial charge >= 0.3 is 0 Å². The van der Waals surface area contributed by atoms with Gasteiger partial charge in [-0.3, -0.25) is 4.79 Å². The molecule has 0 aliphatic carbocycles. The lowest BCUT2D eigenvalue weighted by molar-refractivity contribution is -0.132. The number of nitrogens with zero attached hydrogens (tertiary/aromatic N) is 1. The quantitative estimate of drug-likeness (QED) is 0.848. The summed E-state index contributed by atoms with van der Waals surface area (Å²) in [5.74, 6) is 0.670. The lowest BCUT2D eigenvalue weighted by atomic mass is 10.2. The average Bonchev–Trinajstić information content (AvgIpc) is 2.84. The van der Waals surface area contributed by atoms with Gasteiger partial charge in [0.2, 0.25) is 5.91 Å². The zero-order chi connectivity index (χ0) is 14.5. The third kappa shape index (κ3) is 4.10. The molecule has 0 unspecified atom stereocenters. The molecule has 0 spiro atoms. The van der Waals surface area contributed by atoms with E-state index in [-0.39, 0.29) is 11.9 Å². The summed E-state index contributed by atoms with van der Waals surface area (Å²) in [6.45, 7) is 1.36. The number of likely N-dealkylation sites (N-methyl/N-ethyl adjacent to an activating group) is 1. The predicted octanol–water partition coefficient (Wildman–Crippen LogP) is 0.900. The van der Waals surface area contributed by atoms with E-state index in [0.717, 1.165) is 0 Å². The fraction of sp³-hybridized carbons (Fsp3) is 0.500. The number of aliphatic hydroxyl groups excluding tert-OH is 1. The second-order valence-corrected chi connectivity index (χ2v) is 5.35. The second kappa shape index (κ2) is 6.92. The zero-order valence-corrected chi connectivity index (χ0v) is 12.1. The molecule has 2 rings (SSSR count). The number of ether oxygens (including phenoxy) is 1. The summed E-state index contributed by atoms with van der Waals surface area (Å²) in [5, 5.41) is 13.0. The molecule has 0 radical (unpaired) electrons. The van der Waals surface area contributed by atoms with Crippen LogP contribution in [-0.4, -0.2) is 54.8 Å². The fourth-order valence-electron chi connectivity index (χ4n) is 2.14. The average molecular weight is 299 g/mol. The molecule has 5 nitrogen and oxygen atoms in total. The molecule has 1 aromatic carbocycles. The van der Waals surface area contributed by atoms with Crippen molar-refractivity contribution < 1.29 is 14.6 Å². The van der Waals surface area contributed by atoms with Crippen LogP contribution < -0.4 is 10.1 Å². The molecule has 2 atom stereocenters. The number of hydrogen-bond donors (Lipinski definition) is 2. The maximum absolute atomic E-state index is 12.1. The van der Waals surface area contributed by atoms with Crippen molar-refractivity contribution in [1.29, 1.82) is 0 Å². The van der Waals surface area contributed by atoms with Crippen LogP contribution in [0.3, 0.4) is 0 Å². The molecule has 0 aromatic heterocycles. The number of aliphatic hydroxyl groups is 1. The van der Waals surface area contributed by atoms with Crippen LogP contribution in [0.25, 0.3) is 0 Å². The van der Waals surface area contributed by atoms with E-state index >= 15 is 0 Å². The molecule has 6 heteroatoms. The molecule has 1 aliphatic heterocycles. The summed E-state index contributed by atoms with van der Waals surface area (Å²) in [6.07, 6.45) is 0.0401. The third-order valence-electron chi connectivity index (χ3n) is 3.27. The van der Waals surface area contributed by atoms with Gasteiger partial charge in [0.05, 0.1) is 18.7 Å². The van der Waals surface area contributed by atoms with Crippen LogP contribution in [0.4, 0.5) is 0 Å². The summed E-state index contributed by atoms with van der Waals surface area (Å²) in [5.41, 5.74) is 0. The van der Waals surface area contributed by atoms with E-state index in [1.54, 1.807) is 24.1 Å². The van der Waals surface area contributed by atoms with E-state index in [0.29, 0.717) is 36.9 Å². The van der Waals surface area contributed by atoms with Crippen LogP contribution >= 0.6 is 11.6 Å². The van der Waals surface area contributed by atoms with Gasteiger partial charge in [0.25, 0.3) is 0 Å². The highest BCUT2D eigenvalue weighted by atomic mass is 35.5. The van der Waals surface area contributed by atoms with Crippen LogP contribution in [-0.2, 0) is 4.79 Å². The molecule has 1 aromatic rings. The minimum atomic E-state index is -0.430. The first-order chi connectivity index (χ1) is 9.56. The van der Waals surface area contributed by atoms with Crippen molar-refractivity contribution in [2.45, 2.75) is 18.6 Å². The molecule has 0 bridgehead atoms. The first-order valence-electron chi connectivity index (χ1n) is 6.61. The molecule has 1 aliphatic rings. The predicted molar refractivity (Wildman–Crippen MR) is 77.0 cm³/mol. The highest BCUT2D eigenvalue weighted by Crippen LogP contribution is 2.17. The van der Waals surface area contributed by atoms with Gasteiger partial charge in [0, 0.05) is 18.6 Å². The molecule has 20 heavy (non-hydrogen) atoms. The molecule has 1 amide bonds. The van der Waals surface area contributed by atoms with E-state index in [4.69, 9.17) is 16.3 Å². The monoisotopic (exact) mass is 298 g/mol. The normalized spacial score (nSPS) is 21.8. The van der Waals surface area contributed by atoms with E-state index in [1.807, 2.05) is 12.1 Å². The van der Waals surface area contributed by atoms with Crippen LogP contribution in [0.1, 0.15) is 6.42 Å². The van der Waals surface area contributed by atoms with Crippen molar-refractivity contribution in [3.63, 3.8) is 0 Å². The van der Waals surface area contributed by atoms with Gasteiger partial charge in [0.1, 0.15) is 12.4 Å². The Morgan fingerprint density at radius 1 is 1.60 bits per heavy atom. The molecule has 0 saturated carbocycles. The number of carbonyl (C=O) groups excluding carboxylic acids is 1. The Labute approximate surface area is 123 Å². The van der Waals surface area contributed by atoms with Gasteiger partial charge in [-0.1, -0.05) is 17.7 Å². The summed E-state index contributed by atoms with van der Waals surface area (Å²) in [6, 6.07) is 6.86. The van der Waals surface area contributed by atoms with Gasteiger partial charge in [-0.05, 0) is 24.6 Å². The number of amides is 1. The minimum absolute atomic E-state index is 0.0174. The number of carbonyl (C=O) groups is 1. The zero-order valence-electron chi connectivity index (χ0n) is 11.4. The van der Waals surface area contributed by atoms with Crippen molar-refractivity contribution >= 4 is 17.5 Å². The lowest BCUT2D eigenvalue weighted by Crippen LogP contribution is -2.43. The number of β-amino-alcohol motifs (C(OH)–C–C–N with tert-alkyl or cyclic N) is 1. The van der Waals surface area contributed by atoms with Crippen molar-refractivity contribution in [1.82, 2.24) is 10.2 Å². The Bertz CT molecular complexity index is 469. The Morgan fingerprint density at radius 3 is 3.05 bits per heavy atom. The van der Waals surface area contributed by atoms with Crippen molar-refractivity contribution in [3.8, 4) is 5.75 Å². The van der Waals surface area contributed by atoms with Crippen LogP contribution in [0, 0.1) is 0 Å². The number of hydrogen-bond acceptors (Lipinski definition) is 4. The molecule has 110 valence electrons. The summed E-state index contributed by atoms with van der Waals surface area (Å²) < 4.78 is 5.54. The molecule has 1 fully saturated rings. The lowest BCUT2D eigenvalue weighted by Gasteiger charge is -2.21. The minimum Gasteiger partial charge on any atom is -0.492 e. The molecular formula is C14H19ClN2O3. The highest BCUT2D eigenvalue weighted by Gasteiger charge is 2.29. The Kier molecular flexibility index (Phi) is 5.23. The first kappa shape index (κ1) is 15.1. The van der Waals surface area contributed by atoms with Gasteiger partial charge in [0.15, 0.2) is 0 Å². The number of nitrogens with one attached hydrogen (secondary N) is 1. The molecule has 2 N–H and O–H groups in total. The van der Waals surface area contributed by atoms with E-state index < -0.39 is 6.10 Å². The number of benzene rings is 1.